The third-order valence-corrected chi connectivity index (χ3v) is 3.85. The molecule has 4 nitrogen and oxygen atoms in total. The highest BCUT2D eigenvalue weighted by atomic mass is 16.5. The van der Waals surface area contributed by atoms with E-state index in [2.05, 4.69) is 5.32 Å². The largest absolute Gasteiger partial charge is 0.490 e. The summed E-state index contributed by atoms with van der Waals surface area (Å²) in [5, 5.41) is 13.0. The SMILES string of the molecule is Cc1ccc([C@@H](O)COc2ccc3c(c2)NC(=O)CC3)cc1. The van der Waals surface area contributed by atoms with Gasteiger partial charge in [0.25, 0.3) is 0 Å². The Labute approximate surface area is 129 Å². The van der Waals surface area contributed by atoms with Gasteiger partial charge in [-0.2, -0.15) is 0 Å². The maximum absolute atomic E-state index is 11.4. The molecule has 4 heteroatoms. The normalized spacial score (nSPS) is 14.9. The summed E-state index contributed by atoms with van der Waals surface area (Å²) in [6.45, 7) is 2.18. The molecular formula is C18H19NO3. The molecule has 2 aromatic rings. The summed E-state index contributed by atoms with van der Waals surface area (Å²) >= 11 is 0. The van der Waals surface area contributed by atoms with Gasteiger partial charge >= 0.3 is 0 Å². The number of nitrogens with one attached hydrogen (secondary N) is 1. The minimum absolute atomic E-state index is 0.0318. The van der Waals surface area contributed by atoms with Crippen LogP contribution in [0.4, 0.5) is 5.69 Å². The molecule has 0 fully saturated rings. The van der Waals surface area contributed by atoms with Crippen LogP contribution in [0.5, 0.6) is 5.75 Å². The maximum atomic E-state index is 11.4. The number of hydrogen-bond acceptors (Lipinski definition) is 3. The molecule has 22 heavy (non-hydrogen) atoms. The van der Waals surface area contributed by atoms with Crippen LogP contribution in [-0.2, 0) is 11.2 Å². The number of carbonyl (C=O) groups is 1. The summed E-state index contributed by atoms with van der Waals surface area (Å²) in [5.74, 6) is 0.677. The number of fused-ring (bicyclic) bond motifs is 1. The quantitative estimate of drug-likeness (QED) is 0.912. The zero-order valence-electron chi connectivity index (χ0n) is 12.5. The van der Waals surface area contributed by atoms with Gasteiger partial charge in [-0.25, -0.2) is 0 Å². The van der Waals surface area contributed by atoms with Gasteiger partial charge in [-0.15, -0.1) is 0 Å². The van der Waals surface area contributed by atoms with Gasteiger partial charge in [-0.3, -0.25) is 4.79 Å². The topological polar surface area (TPSA) is 58.6 Å². The zero-order chi connectivity index (χ0) is 15.5. The number of ether oxygens (including phenoxy) is 1. The van der Waals surface area contributed by atoms with E-state index >= 15 is 0 Å². The first-order valence-corrected chi connectivity index (χ1v) is 7.42. The van der Waals surface area contributed by atoms with Crippen molar-refractivity contribution in [1.82, 2.24) is 0 Å². The smallest absolute Gasteiger partial charge is 0.224 e. The number of hydrogen-bond donors (Lipinski definition) is 2. The Hall–Kier alpha value is -2.33. The van der Waals surface area contributed by atoms with Crippen LogP contribution < -0.4 is 10.1 Å². The molecule has 0 saturated carbocycles. The molecule has 1 atom stereocenters. The summed E-state index contributed by atoms with van der Waals surface area (Å²) in [6.07, 6.45) is 0.610. The van der Waals surface area contributed by atoms with Crippen LogP contribution in [0.2, 0.25) is 0 Å². The highest BCUT2D eigenvalue weighted by Gasteiger charge is 2.15. The second-order valence-corrected chi connectivity index (χ2v) is 5.60. The molecule has 2 aromatic carbocycles. The van der Waals surface area contributed by atoms with E-state index in [-0.39, 0.29) is 12.5 Å². The van der Waals surface area contributed by atoms with Crippen molar-refractivity contribution in [3.63, 3.8) is 0 Å². The third-order valence-electron chi connectivity index (χ3n) is 3.85. The van der Waals surface area contributed by atoms with Crippen LogP contribution in [0.25, 0.3) is 0 Å². The van der Waals surface area contributed by atoms with Crippen LogP contribution in [0.15, 0.2) is 42.5 Å². The number of anilines is 1. The van der Waals surface area contributed by atoms with Gasteiger partial charge in [0, 0.05) is 18.2 Å². The van der Waals surface area contributed by atoms with E-state index in [1.807, 2.05) is 49.4 Å². The molecule has 114 valence electrons. The average Bonchev–Trinajstić information content (AvgIpc) is 2.53. The summed E-state index contributed by atoms with van der Waals surface area (Å²) in [4.78, 5) is 11.4. The van der Waals surface area contributed by atoms with Crippen LogP contribution >= 0.6 is 0 Å². The maximum Gasteiger partial charge on any atom is 0.224 e. The van der Waals surface area contributed by atoms with Gasteiger partial charge in [0.15, 0.2) is 0 Å². The van der Waals surface area contributed by atoms with Gasteiger partial charge in [-0.05, 0) is 30.5 Å². The molecule has 0 radical (unpaired) electrons. The van der Waals surface area contributed by atoms with Crippen molar-refractivity contribution >= 4 is 11.6 Å². The Morgan fingerprint density at radius 1 is 1.18 bits per heavy atom. The first kappa shape index (κ1) is 14.6. The second-order valence-electron chi connectivity index (χ2n) is 5.60. The van der Waals surface area contributed by atoms with E-state index < -0.39 is 6.10 Å². The molecule has 0 bridgehead atoms. The number of benzene rings is 2. The fourth-order valence-electron chi connectivity index (χ4n) is 2.50. The van der Waals surface area contributed by atoms with Crippen LogP contribution in [0, 0.1) is 6.92 Å². The molecule has 0 unspecified atom stereocenters. The van der Waals surface area contributed by atoms with Crippen molar-refractivity contribution in [3.8, 4) is 5.75 Å². The molecule has 3 rings (SSSR count). The Bertz CT molecular complexity index is 679. The van der Waals surface area contributed by atoms with E-state index in [1.165, 1.54) is 0 Å². The van der Waals surface area contributed by atoms with Gasteiger partial charge in [-0.1, -0.05) is 35.9 Å². The Morgan fingerprint density at radius 3 is 2.73 bits per heavy atom. The fraction of sp³-hybridized carbons (Fsp3) is 0.278. The summed E-state index contributed by atoms with van der Waals surface area (Å²) < 4.78 is 5.65. The lowest BCUT2D eigenvalue weighted by Gasteiger charge is -2.18. The predicted octanol–water partition coefficient (Wildman–Crippen LogP) is 2.99. The van der Waals surface area contributed by atoms with Crippen LogP contribution in [0.3, 0.4) is 0 Å². The van der Waals surface area contributed by atoms with Crippen molar-refractivity contribution in [2.45, 2.75) is 25.9 Å². The lowest BCUT2D eigenvalue weighted by Crippen LogP contribution is -2.19. The van der Waals surface area contributed by atoms with E-state index in [0.717, 1.165) is 28.8 Å². The number of rotatable bonds is 4. The minimum Gasteiger partial charge on any atom is -0.490 e. The predicted molar refractivity (Wildman–Crippen MR) is 85.0 cm³/mol. The molecule has 1 heterocycles. The van der Waals surface area contributed by atoms with E-state index in [4.69, 9.17) is 4.74 Å². The fourth-order valence-corrected chi connectivity index (χ4v) is 2.50. The van der Waals surface area contributed by atoms with Crippen molar-refractivity contribution in [3.05, 3.63) is 59.2 Å². The van der Waals surface area contributed by atoms with Gasteiger partial charge in [0.1, 0.15) is 18.5 Å². The number of aliphatic hydroxyl groups excluding tert-OH is 1. The monoisotopic (exact) mass is 297 g/mol. The zero-order valence-corrected chi connectivity index (χ0v) is 12.5. The van der Waals surface area contributed by atoms with Gasteiger partial charge in [0.2, 0.25) is 5.91 Å². The van der Waals surface area contributed by atoms with Gasteiger partial charge in [0.05, 0.1) is 0 Å². The molecule has 0 aliphatic carbocycles. The van der Waals surface area contributed by atoms with Crippen molar-refractivity contribution in [2.24, 2.45) is 0 Å². The van der Waals surface area contributed by atoms with Crippen LogP contribution in [0.1, 0.15) is 29.2 Å². The molecule has 0 saturated heterocycles. The lowest BCUT2D eigenvalue weighted by atomic mass is 10.0. The molecule has 1 aliphatic heterocycles. The molecule has 0 aromatic heterocycles. The van der Waals surface area contributed by atoms with E-state index in [0.29, 0.717) is 12.2 Å². The molecule has 1 aliphatic rings. The summed E-state index contributed by atoms with van der Waals surface area (Å²) in [5.41, 5.74) is 3.91. The first-order valence-electron chi connectivity index (χ1n) is 7.42. The number of amides is 1. The van der Waals surface area contributed by atoms with Crippen LogP contribution in [-0.4, -0.2) is 17.6 Å². The van der Waals surface area contributed by atoms with Gasteiger partial charge < -0.3 is 15.2 Å². The molecular weight excluding hydrogens is 278 g/mol. The molecule has 2 N–H and O–H groups in total. The van der Waals surface area contributed by atoms with Crippen molar-refractivity contribution in [2.75, 3.05) is 11.9 Å². The Kier molecular flexibility index (Phi) is 4.11. The minimum atomic E-state index is -0.675. The first-order chi connectivity index (χ1) is 10.6. The Morgan fingerprint density at radius 2 is 1.95 bits per heavy atom. The third kappa shape index (κ3) is 3.28. The lowest BCUT2D eigenvalue weighted by molar-refractivity contribution is -0.116. The number of aliphatic hydroxyl groups is 1. The summed E-state index contributed by atoms with van der Waals surface area (Å²) in [6, 6.07) is 13.4. The second kappa shape index (κ2) is 6.20. The van der Waals surface area contributed by atoms with E-state index in [9.17, 15) is 9.90 Å². The molecule has 1 amide bonds. The number of carbonyl (C=O) groups excluding carboxylic acids is 1. The van der Waals surface area contributed by atoms with Crippen molar-refractivity contribution < 1.29 is 14.6 Å². The average molecular weight is 297 g/mol. The highest BCUT2D eigenvalue weighted by Crippen LogP contribution is 2.27. The van der Waals surface area contributed by atoms with E-state index in [1.54, 1.807) is 0 Å². The molecule has 0 spiro atoms. The summed E-state index contributed by atoms with van der Waals surface area (Å²) in [7, 11) is 0. The Balaban J connectivity index is 1.65. The number of aryl methyl sites for hydroxylation is 2. The highest BCUT2D eigenvalue weighted by molar-refractivity contribution is 5.94. The standard InChI is InChI=1S/C18H19NO3/c1-12-2-4-14(5-3-12)17(20)11-22-15-8-6-13-7-9-18(21)19-16(13)10-15/h2-6,8,10,17,20H,7,9,11H2,1H3,(H,19,21)/t17-/m0/s1. The van der Waals surface area contributed by atoms with Crippen molar-refractivity contribution in [1.29, 1.82) is 0 Å².